The second-order valence-corrected chi connectivity index (χ2v) is 3.96. The van der Waals surface area contributed by atoms with Crippen LogP contribution in [0.3, 0.4) is 0 Å². The van der Waals surface area contributed by atoms with Crippen LogP contribution in [0, 0.1) is 11.8 Å². The second-order valence-electron chi connectivity index (χ2n) is 3.96. The zero-order valence-corrected chi connectivity index (χ0v) is 6.84. The van der Waals surface area contributed by atoms with Crippen molar-refractivity contribution in [2.75, 3.05) is 0 Å². The molecule has 0 radical (unpaired) electrons. The van der Waals surface area contributed by atoms with E-state index in [9.17, 15) is 0 Å². The SMILES string of the molecule is C[C@@H]1CC[C@@H]2C[C@H](C)O[C@@H]21. The molecule has 0 bridgehead atoms. The van der Waals surface area contributed by atoms with Crippen LogP contribution in [0.25, 0.3) is 0 Å². The van der Waals surface area contributed by atoms with Gasteiger partial charge < -0.3 is 4.74 Å². The van der Waals surface area contributed by atoms with E-state index in [4.69, 9.17) is 4.74 Å². The van der Waals surface area contributed by atoms with E-state index >= 15 is 0 Å². The Morgan fingerprint density at radius 1 is 1.20 bits per heavy atom. The maximum Gasteiger partial charge on any atom is 0.0633 e. The summed E-state index contributed by atoms with van der Waals surface area (Å²) in [7, 11) is 0. The van der Waals surface area contributed by atoms with Crippen LogP contribution in [0.5, 0.6) is 0 Å². The number of rotatable bonds is 0. The van der Waals surface area contributed by atoms with E-state index in [1.165, 1.54) is 19.3 Å². The van der Waals surface area contributed by atoms with Crippen LogP contribution in [0.1, 0.15) is 33.1 Å². The van der Waals surface area contributed by atoms with Gasteiger partial charge in [0.25, 0.3) is 0 Å². The second kappa shape index (κ2) is 2.23. The maximum atomic E-state index is 5.80. The average Bonchev–Trinajstić information content (AvgIpc) is 2.35. The third-order valence-corrected chi connectivity index (χ3v) is 3.04. The normalized spacial score (nSPS) is 53.4. The standard InChI is InChI=1S/C9H16O/c1-6-3-4-8-5-7(2)10-9(6)8/h6-9H,3-5H2,1-2H3/t6-,7+,8-,9-/m1/s1. The minimum Gasteiger partial charge on any atom is -0.375 e. The molecular weight excluding hydrogens is 124 g/mol. The quantitative estimate of drug-likeness (QED) is 0.501. The first-order chi connectivity index (χ1) is 4.77. The number of hydrogen-bond acceptors (Lipinski definition) is 1. The van der Waals surface area contributed by atoms with Crippen LogP contribution < -0.4 is 0 Å². The number of hydrogen-bond donors (Lipinski definition) is 0. The lowest BCUT2D eigenvalue weighted by Crippen LogP contribution is -2.16. The Morgan fingerprint density at radius 3 is 2.70 bits per heavy atom. The molecule has 0 aromatic heterocycles. The van der Waals surface area contributed by atoms with Crippen LogP contribution >= 0.6 is 0 Å². The highest BCUT2D eigenvalue weighted by Crippen LogP contribution is 2.41. The van der Waals surface area contributed by atoms with Gasteiger partial charge in [-0.3, -0.25) is 0 Å². The van der Waals surface area contributed by atoms with Crippen molar-refractivity contribution >= 4 is 0 Å². The van der Waals surface area contributed by atoms with E-state index in [-0.39, 0.29) is 0 Å². The topological polar surface area (TPSA) is 9.23 Å². The van der Waals surface area contributed by atoms with Gasteiger partial charge in [0.15, 0.2) is 0 Å². The Morgan fingerprint density at radius 2 is 2.00 bits per heavy atom. The van der Waals surface area contributed by atoms with E-state index in [1.54, 1.807) is 0 Å². The highest BCUT2D eigenvalue weighted by Gasteiger charge is 2.40. The van der Waals surface area contributed by atoms with Gasteiger partial charge in [0.1, 0.15) is 0 Å². The molecule has 10 heavy (non-hydrogen) atoms. The van der Waals surface area contributed by atoms with Crippen molar-refractivity contribution in [2.24, 2.45) is 11.8 Å². The van der Waals surface area contributed by atoms with E-state index in [0.717, 1.165) is 11.8 Å². The summed E-state index contributed by atoms with van der Waals surface area (Å²) in [5, 5.41) is 0. The molecule has 1 aliphatic carbocycles. The fourth-order valence-corrected chi connectivity index (χ4v) is 2.52. The van der Waals surface area contributed by atoms with Gasteiger partial charge in [-0.15, -0.1) is 0 Å². The van der Waals surface area contributed by atoms with Gasteiger partial charge in [0.2, 0.25) is 0 Å². The van der Waals surface area contributed by atoms with Crippen LogP contribution in [0.2, 0.25) is 0 Å². The average molecular weight is 140 g/mol. The number of ether oxygens (including phenoxy) is 1. The monoisotopic (exact) mass is 140 g/mol. The molecule has 1 aliphatic heterocycles. The predicted octanol–water partition coefficient (Wildman–Crippen LogP) is 2.21. The fraction of sp³-hybridized carbons (Fsp3) is 1.00. The molecule has 0 amide bonds. The predicted molar refractivity (Wildman–Crippen MR) is 40.8 cm³/mol. The molecule has 1 heterocycles. The van der Waals surface area contributed by atoms with Gasteiger partial charge in [-0.05, 0) is 38.0 Å². The molecule has 0 spiro atoms. The van der Waals surface area contributed by atoms with Crippen LogP contribution in [0.15, 0.2) is 0 Å². The molecule has 1 nitrogen and oxygen atoms in total. The summed E-state index contributed by atoms with van der Waals surface area (Å²) in [6.07, 6.45) is 5.28. The molecule has 0 unspecified atom stereocenters. The van der Waals surface area contributed by atoms with Crippen LogP contribution in [-0.4, -0.2) is 12.2 Å². The van der Waals surface area contributed by atoms with E-state index in [0.29, 0.717) is 12.2 Å². The summed E-state index contributed by atoms with van der Waals surface area (Å²) in [6.45, 7) is 4.52. The van der Waals surface area contributed by atoms with Gasteiger partial charge >= 0.3 is 0 Å². The summed E-state index contributed by atoms with van der Waals surface area (Å²) in [4.78, 5) is 0. The Balaban J connectivity index is 2.05. The van der Waals surface area contributed by atoms with Gasteiger partial charge in [-0.1, -0.05) is 6.92 Å². The highest BCUT2D eigenvalue weighted by atomic mass is 16.5. The van der Waals surface area contributed by atoms with E-state index in [1.807, 2.05) is 0 Å². The molecule has 2 rings (SSSR count). The molecule has 2 fully saturated rings. The van der Waals surface area contributed by atoms with E-state index < -0.39 is 0 Å². The largest absolute Gasteiger partial charge is 0.375 e. The van der Waals surface area contributed by atoms with Crippen molar-refractivity contribution in [2.45, 2.75) is 45.3 Å². The van der Waals surface area contributed by atoms with Crippen molar-refractivity contribution in [1.82, 2.24) is 0 Å². The van der Waals surface area contributed by atoms with Crippen molar-refractivity contribution in [1.29, 1.82) is 0 Å². The molecule has 2 aliphatic rings. The lowest BCUT2D eigenvalue weighted by Gasteiger charge is -2.13. The summed E-state index contributed by atoms with van der Waals surface area (Å²) >= 11 is 0. The molecule has 0 N–H and O–H groups in total. The van der Waals surface area contributed by atoms with Gasteiger partial charge in [-0.2, -0.15) is 0 Å². The van der Waals surface area contributed by atoms with Crippen molar-refractivity contribution in [3.8, 4) is 0 Å². The van der Waals surface area contributed by atoms with Gasteiger partial charge in [-0.25, -0.2) is 0 Å². The van der Waals surface area contributed by atoms with Crippen molar-refractivity contribution < 1.29 is 4.74 Å². The molecule has 4 atom stereocenters. The van der Waals surface area contributed by atoms with Crippen LogP contribution in [-0.2, 0) is 4.74 Å². The summed E-state index contributed by atoms with van der Waals surface area (Å²) < 4.78 is 5.80. The Hall–Kier alpha value is -0.0400. The Kier molecular flexibility index (Phi) is 1.48. The highest BCUT2D eigenvalue weighted by molar-refractivity contribution is 4.89. The van der Waals surface area contributed by atoms with Gasteiger partial charge in [0.05, 0.1) is 12.2 Å². The molecule has 1 saturated heterocycles. The summed E-state index contributed by atoms with van der Waals surface area (Å²) in [5.41, 5.74) is 0. The zero-order valence-electron chi connectivity index (χ0n) is 6.84. The van der Waals surface area contributed by atoms with E-state index in [2.05, 4.69) is 13.8 Å². The minimum absolute atomic E-state index is 0.540. The molecule has 1 heteroatoms. The van der Waals surface area contributed by atoms with Crippen molar-refractivity contribution in [3.63, 3.8) is 0 Å². The maximum absolute atomic E-state index is 5.80. The lowest BCUT2D eigenvalue weighted by atomic mass is 10.0. The third-order valence-electron chi connectivity index (χ3n) is 3.04. The fourth-order valence-electron chi connectivity index (χ4n) is 2.52. The molecule has 0 aromatic carbocycles. The zero-order chi connectivity index (χ0) is 7.14. The minimum atomic E-state index is 0.540. The van der Waals surface area contributed by atoms with Crippen LogP contribution in [0.4, 0.5) is 0 Å². The first-order valence-corrected chi connectivity index (χ1v) is 4.43. The summed E-state index contributed by atoms with van der Waals surface area (Å²) in [6, 6.07) is 0. The van der Waals surface area contributed by atoms with Gasteiger partial charge in [0, 0.05) is 0 Å². The number of fused-ring (bicyclic) bond motifs is 1. The van der Waals surface area contributed by atoms with Crippen molar-refractivity contribution in [3.05, 3.63) is 0 Å². The smallest absolute Gasteiger partial charge is 0.0633 e. The molecule has 58 valence electrons. The molecular formula is C9H16O. The molecule has 1 saturated carbocycles. The lowest BCUT2D eigenvalue weighted by molar-refractivity contribution is 0.0268. The Bertz CT molecular complexity index is 133. The first-order valence-electron chi connectivity index (χ1n) is 4.43. The summed E-state index contributed by atoms with van der Waals surface area (Å²) in [5.74, 6) is 1.74. The third kappa shape index (κ3) is 0.878. The molecule has 0 aromatic rings. The Labute approximate surface area is 62.8 Å². The first kappa shape index (κ1) is 6.66.